The fraction of sp³-hybridized carbons (Fsp3) is 0.368. The summed E-state index contributed by atoms with van der Waals surface area (Å²) in [7, 11) is 0. The molecule has 0 saturated carbocycles. The zero-order valence-corrected chi connectivity index (χ0v) is 15.1. The second-order valence-corrected chi connectivity index (χ2v) is 7.29. The molecule has 4 rings (SSSR count). The van der Waals surface area contributed by atoms with Crippen LogP contribution in [0.15, 0.2) is 47.1 Å². The van der Waals surface area contributed by atoms with Crippen molar-refractivity contribution in [3.05, 3.63) is 52.6 Å². The number of nitrogens with zero attached hydrogens (tertiary/aromatic N) is 3. The molecule has 0 atom stereocenters. The first-order valence-corrected chi connectivity index (χ1v) is 9.28. The van der Waals surface area contributed by atoms with Gasteiger partial charge in [-0.25, -0.2) is 4.98 Å². The van der Waals surface area contributed by atoms with Crippen molar-refractivity contribution in [3.63, 3.8) is 0 Å². The van der Waals surface area contributed by atoms with Gasteiger partial charge in [-0.3, -0.25) is 4.79 Å². The van der Waals surface area contributed by atoms with E-state index in [9.17, 15) is 4.79 Å². The lowest BCUT2D eigenvalue weighted by molar-refractivity contribution is -0.122. The molecule has 1 aromatic heterocycles. The molecule has 2 aliphatic rings. The smallest absolute Gasteiger partial charge is 0.230 e. The molecule has 5 heteroatoms. The zero-order valence-electron chi connectivity index (χ0n) is 13.5. The van der Waals surface area contributed by atoms with Gasteiger partial charge >= 0.3 is 0 Å². The summed E-state index contributed by atoms with van der Waals surface area (Å²) in [6.45, 7) is 2.58. The predicted octanol–water partition coefficient (Wildman–Crippen LogP) is 3.65. The summed E-state index contributed by atoms with van der Waals surface area (Å²) in [5.41, 5.74) is 2.40. The number of hydrogen-bond acceptors (Lipinski definition) is 3. The van der Waals surface area contributed by atoms with Crippen LogP contribution in [-0.2, 0) is 11.2 Å². The van der Waals surface area contributed by atoms with E-state index in [1.54, 1.807) is 0 Å². The molecule has 1 aromatic carbocycles. The summed E-state index contributed by atoms with van der Waals surface area (Å²) < 4.78 is 1.02. The normalized spacial score (nSPS) is 17.9. The molecule has 0 bridgehead atoms. The molecule has 3 heterocycles. The molecule has 24 heavy (non-hydrogen) atoms. The number of pyridine rings is 1. The summed E-state index contributed by atoms with van der Waals surface area (Å²) in [6, 6.07) is 12.2. The van der Waals surface area contributed by atoms with E-state index in [2.05, 4.69) is 44.0 Å². The van der Waals surface area contributed by atoms with E-state index < -0.39 is 0 Å². The second-order valence-electron chi connectivity index (χ2n) is 6.44. The standard InChI is InChI=1S/C19H20BrN3O/c20-16-5-3-10-21-18(16)22-11-7-15(8-12-22)19(24)23-13-9-14-4-1-2-6-17(14)23/h1-6,10,15H,7-9,11-13H2. The summed E-state index contributed by atoms with van der Waals surface area (Å²) >= 11 is 3.57. The third kappa shape index (κ3) is 2.81. The van der Waals surface area contributed by atoms with Gasteiger partial charge in [-0.2, -0.15) is 0 Å². The molecular formula is C19H20BrN3O. The molecule has 4 nitrogen and oxygen atoms in total. The van der Waals surface area contributed by atoms with Crippen molar-refractivity contribution in [2.45, 2.75) is 19.3 Å². The molecule has 0 unspecified atom stereocenters. The van der Waals surface area contributed by atoms with E-state index in [-0.39, 0.29) is 5.92 Å². The summed E-state index contributed by atoms with van der Waals surface area (Å²) in [4.78, 5) is 21.7. The zero-order chi connectivity index (χ0) is 16.5. The molecule has 0 radical (unpaired) electrons. The summed E-state index contributed by atoms with van der Waals surface area (Å²) in [5.74, 6) is 1.39. The van der Waals surface area contributed by atoms with Gasteiger partial charge in [0.1, 0.15) is 5.82 Å². The van der Waals surface area contributed by atoms with Gasteiger partial charge in [-0.05, 0) is 59.0 Å². The Kier molecular flexibility index (Phi) is 4.27. The predicted molar refractivity (Wildman–Crippen MR) is 99.4 cm³/mol. The number of carbonyl (C=O) groups is 1. The summed E-state index contributed by atoms with van der Waals surface area (Å²) in [5, 5.41) is 0. The van der Waals surface area contributed by atoms with E-state index in [0.717, 1.165) is 54.9 Å². The Hall–Kier alpha value is -1.88. The van der Waals surface area contributed by atoms with Crippen LogP contribution in [0.25, 0.3) is 0 Å². The van der Waals surface area contributed by atoms with Crippen LogP contribution in [-0.4, -0.2) is 30.5 Å². The van der Waals surface area contributed by atoms with Crippen molar-refractivity contribution in [1.82, 2.24) is 4.98 Å². The highest BCUT2D eigenvalue weighted by Crippen LogP contribution is 2.32. The number of anilines is 2. The molecule has 0 N–H and O–H groups in total. The molecule has 1 fully saturated rings. The van der Waals surface area contributed by atoms with Crippen molar-refractivity contribution in [3.8, 4) is 0 Å². The molecule has 2 aromatic rings. The molecule has 1 amide bonds. The maximum Gasteiger partial charge on any atom is 0.230 e. The molecular weight excluding hydrogens is 366 g/mol. The third-order valence-corrected chi connectivity index (χ3v) is 5.65. The van der Waals surface area contributed by atoms with Crippen molar-refractivity contribution >= 4 is 33.3 Å². The minimum Gasteiger partial charge on any atom is -0.356 e. The van der Waals surface area contributed by atoms with Gasteiger partial charge in [0.25, 0.3) is 0 Å². The molecule has 124 valence electrons. The van der Waals surface area contributed by atoms with E-state index in [1.165, 1.54) is 5.56 Å². The second kappa shape index (κ2) is 6.55. The third-order valence-electron chi connectivity index (χ3n) is 5.04. The van der Waals surface area contributed by atoms with Gasteiger partial charge in [0, 0.05) is 37.4 Å². The number of para-hydroxylation sites is 1. The monoisotopic (exact) mass is 385 g/mol. The van der Waals surface area contributed by atoms with Crippen LogP contribution in [0.5, 0.6) is 0 Å². The van der Waals surface area contributed by atoms with Gasteiger partial charge in [-0.1, -0.05) is 18.2 Å². The highest BCUT2D eigenvalue weighted by atomic mass is 79.9. The number of benzene rings is 1. The van der Waals surface area contributed by atoms with Crippen molar-refractivity contribution in [2.24, 2.45) is 5.92 Å². The van der Waals surface area contributed by atoms with Gasteiger partial charge in [0.15, 0.2) is 0 Å². The molecule has 0 spiro atoms. The van der Waals surface area contributed by atoms with E-state index in [0.29, 0.717) is 5.91 Å². The van der Waals surface area contributed by atoms with Gasteiger partial charge < -0.3 is 9.80 Å². The van der Waals surface area contributed by atoms with Crippen molar-refractivity contribution < 1.29 is 4.79 Å². The van der Waals surface area contributed by atoms with Gasteiger partial charge in [0.05, 0.1) is 4.47 Å². The largest absolute Gasteiger partial charge is 0.356 e. The minimum absolute atomic E-state index is 0.120. The van der Waals surface area contributed by atoms with Crippen LogP contribution in [0.3, 0.4) is 0 Å². The van der Waals surface area contributed by atoms with Crippen molar-refractivity contribution in [1.29, 1.82) is 0 Å². The lowest BCUT2D eigenvalue weighted by Crippen LogP contribution is -2.42. The topological polar surface area (TPSA) is 36.4 Å². The average Bonchev–Trinajstić information content (AvgIpc) is 3.06. The Labute approximate surface area is 150 Å². The van der Waals surface area contributed by atoms with E-state index in [1.807, 2.05) is 29.3 Å². The number of rotatable bonds is 2. The van der Waals surface area contributed by atoms with E-state index in [4.69, 9.17) is 0 Å². The van der Waals surface area contributed by atoms with Crippen LogP contribution in [0.1, 0.15) is 18.4 Å². The fourth-order valence-corrected chi connectivity index (χ4v) is 4.24. The number of aromatic nitrogens is 1. The van der Waals surface area contributed by atoms with Gasteiger partial charge in [0.2, 0.25) is 5.91 Å². The highest BCUT2D eigenvalue weighted by molar-refractivity contribution is 9.10. The number of halogens is 1. The van der Waals surface area contributed by atoms with E-state index >= 15 is 0 Å². The lowest BCUT2D eigenvalue weighted by atomic mass is 9.95. The first-order chi connectivity index (χ1) is 11.7. The molecule has 1 saturated heterocycles. The van der Waals surface area contributed by atoms with Crippen LogP contribution >= 0.6 is 15.9 Å². The number of carbonyl (C=O) groups excluding carboxylic acids is 1. The fourth-order valence-electron chi connectivity index (χ4n) is 3.74. The number of fused-ring (bicyclic) bond motifs is 1. The van der Waals surface area contributed by atoms with Crippen molar-refractivity contribution in [2.75, 3.05) is 29.4 Å². The van der Waals surface area contributed by atoms with Crippen LogP contribution < -0.4 is 9.80 Å². The maximum atomic E-state index is 13.0. The Balaban J connectivity index is 1.43. The molecule has 0 aliphatic carbocycles. The minimum atomic E-state index is 0.120. The van der Waals surface area contributed by atoms with Crippen LogP contribution in [0, 0.1) is 5.92 Å². The quantitative estimate of drug-likeness (QED) is 0.791. The number of hydrogen-bond donors (Lipinski definition) is 0. The highest BCUT2D eigenvalue weighted by Gasteiger charge is 2.32. The lowest BCUT2D eigenvalue weighted by Gasteiger charge is -2.34. The van der Waals surface area contributed by atoms with Crippen LogP contribution in [0.2, 0.25) is 0 Å². The Morgan fingerprint density at radius 2 is 1.88 bits per heavy atom. The maximum absolute atomic E-state index is 13.0. The SMILES string of the molecule is O=C(C1CCN(c2ncccc2Br)CC1)N1CCc2ccccc21. The Morgan fingerprint density at radius 3 is 2.67 bits per heavy atom. The number of amides is 1. The van der Waals surface area contributed by atoms with Crippen LogP contribution in [0.4, 0.5) is 11.5 Å². The Bertz CT molecular complexity index is 756. The Morgan fingerprint density at radius 1 is 1.08 bits per heavy atom. The average molecular weight is 386 g/mol. The summed E-state index contributed by atoms with van der Waals surface area (Å²) in [6.07, 6.45) is 4.57. The van der Waals surface area contributed by atoms with Gasteiger partial charge in [-0.15, -0.1) is 0 Å². The first-order valence-electron chi connectivity index (χ1n) is 8.49. The first kappa shape index (κ1) is 15.6. The number of piperidine rings is 1. The molecule has 2 aliphatic heterocycles.